The second-order valence-corrected chi connectivity index (χ2v) is 7.46. The highest BCUT2D eigenvalue weighted by molar-refractivity contribution is 5.83. The van der Waals surface area contributed by atoms with E-state index in [0.717, 1.165) is 41.2 Å². The van der Waals surface area contributed by atoms with Gasteiger partial charge in [0.2, 0.25) is 5.91 Å². The third kappa shape index (κ3) is 4.35. The first kappa shape index (κ1) is 19.3. The van der Waals surface area contributed by atoms with Crippen LogP contribution in [0.15, 0.2) is 42.6 Å². The van der Waals surface area contributed by atoms with Crippen molar-refractivity contribution in [3.63, 3.8) is 0 Å². The van der Waals surface area contributed by atoms with Gasteiger partial charge in [-0.2, -0.15) is 0 Å². The molecule has 0 aromatic carbocycles. The van der Waals surface area contributed by atoms with E-state index in [-0.39, 0.29) is 24.5 Å². The van der Waals surface area contributed by atoms with Gasteiger partial charge in [-0.05, 0) is 44.2 Å². The normalized spacial score (nSPS) is 19.3. The van der Waals surface area contributed by atoms with Gasteiger partial charge < -0.3 is 15.0 Å². The number of nitrogens with one attached hydrogen (secondary N) is 1. The number of carbonyl (C=O) groups is 1. The number of nitrogens with zero attached hydrogens (tertiary/aromatic N) is 4. The van der Waals surface area contributed by atoms with Crippen LogP contribution in [0.2, 0.25) is 0 Å². The average Bonchev–Trinajstić information content (AvgIpc) is 2.72. The van der Waals surface area contributed by atoms with Crippen molar-refractivity contribution < 1.29 is 9.53 Å². The number of likely N-dealkylation sites (N-methyl/N-ethyl adjacent to an activating group) is 1. The van der Waals surface area contributed by atoms with Crippen molar-refractivity contribution in [3.05, 3.63) is 48.3 Å². The molecule has 7 heteroatoms. The highest BCUT2D eigenvalue weighted by Gasteiger charge is 2.23. The quantitative estimate of drug-likeness (QED) is 0.736. The lowest BCUT2D eigenvalue weighted by molar-refractivity contribution is -0.120. The lowest BCUT2D eigenvalue weighted by Crippen LogP contribution is -2.45. The van der Waals surface area contributed by atoms with Gasteiger partial charge in [0.15, 0.2) is 0 Å². The number of amides is 1. The van der Waals surface area contributed by atoms with Gasteiger partial charge in [0.25, 0.3) is 0 Å². The molecule has 1 saturated heterocycles. The molecule has 1 aliphatic heterocycles. The smallest absolute Gasteiger partial charge is 0.225 e. The van der Waals surface area contributed by atoms with Crippen LogP contribution in [0.4, 0.5) is 5.82 Å². The van der Waals surface area contributed by atoms with Crippen LogP contribution in [0.5, 0.6) is 0 Å². The van der Waals surface area contributed by atoms with Gasteiger partial charge in [-0.3, -0.25) is 9.78 Å². The SMILES string of the molecule is CNC(=O)Cc1cc2nc(-c3cccc(N4C[C@@H](C)O[C@@H](C)C4)n3)ccc2cn1. The minimum absolute atomic E-state index is 0.0728. The molecule has 0 aliphatic carbocycles. The van der Waals surface area contributed by atoms with E-state index in [9.17, 15) is 4.79 Å². The summed E-state index contributed by atoms with van der Waals surface area (Å²) in [5.74, 6) is 0.859. The molecule has 150 valence electrons. The van der Waals surface area contributed by atoms with Crippen LogP contribution >= 0.6 is 0 Å². The predicted molar refractivity (Wildman–Crippen MR) is 113 cm³/mol. The summed E-state index contributed by atoms with van der Waals surface area (Å²) in [6.07, 6.45) is 2.34. The Labute approximate surface area is 170 Å². The van der Waals surface area contributed by atoms with Crippen LogP contribution in [0, 0.1) is 0 Å². The molecule has 1 fully saturated rings. The first-order chi connectivity index (χ1) is 14.0. The Hall–Kier alpha value is -3.06. The van der Waals surface area contributed by atoms with E-state index in [1.54, 1.807) is 13.2 Å². The zero-order chi connectivity index (χ0) is 20.4. The Morgan fingerprint density at radius 3 is 2.66 bits per heavy atom. The van der Waals surface area contributed by atoms with Crippen LogP contribution in [0.3, 0.4) is 0 Å². The summed E-state index contributed by atoms with van der Waals surface area (Å²) >= 11 is 0. The van der Waals surface area contributed by atoms with Gasteiger partial charge in [-0.15, -0.1) is 0 Å². The topological polar surface area (TPSA) is 80.2 Å². The molecule has 0 bridgehead atoms. The minimum Gasteiger partial charge on any atom is -0.372 e. The van der Waals surface area contributed by atoms with E-state index in [1.807, 2.05) is 36.4 Å². The zero-order valence-electron chi connectivity index (χ0n) is 16.9. The Morgan fingerprint density at radius 1 is 1.14 bits per heavy atom. The monoisotopic (exact) mass is 391 g/mol. The summed E-state index contributed by atoms with van der Waals surface area (Å²) < 4.78 is 5.83. The van der Waals surface area contributed by atoms with Crippen molar-refractivity contribution in [2.45, 2.75) is 32.5 Å². The number of rotatable bonds is 4. The molecular formula is C22H25N5O2. The molecule has 4 rings (SSSR count). The van der Waals surface area contributed by atoms with E-state index in [0.29, 0.717) is 5.69 Å². The van der Waals surface area contributed by atoms with Crippen molar-refractivity contribution in [1.29, 1.82) is 0 Å². The summed E-state index contributed by atoms with van der Waals surface area (Å²) in [7, 11) is 1.62. The van der Waals surface area contributed by atoms with Crippen molar-refractivity contribution in [2.75, 3.05) is 25.0 Å². The average molecular weight is 391 g/mol. The summed E-state index contributed by atoms with van der Waals surface area (Å²) in [4.78, 5) is 27.9. The molecule has 1 amide bonds. The van der Waals surface area contributed by atoms with Crippen LogP contribution in [-0.4, -0.2) is 53.2 Å². The maximum Gasteiger partial charge on any atom is 0.225 e. The molecule has 1 aliphatic rings. The predicted octanol–water partition coefficient (Wildman–Crippen LogP) is 2.59. The molecule has 7 nitrogen and oxygen atoms in total. The van der Waals surface area contributed by atoms with Crippen molar-refractivity contribution in [2.24, 2.45) is 0 Å². The fourth-order valence-corrected chi connectivity index (χ4v) is 3.66. The second-order valence-electron chi connectivity index (χ2n) is 7.46. The van der Waals surface area contributed by atoms with E-state index in [4.69, 9.17) is 14.7 Å². The number of pyridine rings is 3. The number of hydrogen-bond acceptors (Lipinski definition) is 6. The molecule has 0 radical (unpaired) electrons. The molecule has 0 unspecified atom stereocenters. The minimum atomic E-state index is -0.0728. The molecule has 2 atom stereocenters. The van der Waals surface area contributed by atoms with Crippen LogP contribution in [0.1, 0.15) is 19.5 Å². The summed E-state index contributed by atoms with van der Waals surface area (Å²) in [6.45, 7) is 5.81. The third-order valence-electron chi connectivity index (χ3n) is 4.99. The summed E-state index contributed by atoms with van der Waals surface area (Å²) in [5.41, 5.74) is 3.11. The van der Waals surface area contributed by atoms with Gasteiger partial charge in [0, 0.05) is 31.7 Å². The van der Waals surface area contributed by atoms with Gasteiger partial charge in [0.1, 0.15) is 5.82 Å². The van der Waals surface area contributed by atoms with Crippen molar-refractivity contribution in [3.8, 4) is 11.4 Å². The van der Waals surface area contributed by atoms with E-state index >= 15 is 0 Å². The molecule has 3 aromatic heterocycles. The number of carbonyl (C=O) groups excluding carboxylic acids is 1. The van der Waals surface area contributed by atoms with Gasteiger partial charge in [-0.25, -0.2) is 9.97 Å². The van der Waals surface area contributed by atoms with Gasteiger partial charge >= 0.3 is 0 Å². The standard InChI is InChI=1S/C22H25N5O2/c1-14-12-27(13-15(2)29-14)21-6-4-5-18(26-21)19-8-7-16-11-24-17(9-20(16)25-19)10-22(28)23-3/h4-9,11,14-15H,10,12-13H2,1-3H3,(H,23,28)/t14-,15+. The van der Waals surface area contributed by atoms with Crippen molar-refractivity contribution >= 4 is 22.6 Å². The molecule has 1 N–H and O–H groups in total. The van der Waals surface area contributed by atoms with Gasteiger partial charge in [-0.1, -0.05) is 6.07 Å². The molecular weight excluding hydrogens is 366 g/mol. The van der Waals surface area contributed by atoms with Gasteiger partial charge in [0.05, 0.1) is 41.2 Å². The fraction of sp³-hybridized carbons (Fsp3) is 0.364. The Kier molecular flexibility index (Phi) is 5.40. The third-order valence-corrected chi connectivity index (χ3v) is 4.99. The van der Waals surface area contributed by atoms with E-state index in [1.165, 1.54) is 0 Å². The number of ether oxygens (including phenoxy) is 1. The number of anilines is 1. The first-order valence-electron chi connectivity index (χ1n) is 9.86. The summed E-state index contributed by atoms with van der Waals surface area (Å²) in [5, 5.41) is 3.55. The van der Waals surface area contributed by atoms with Crippen LogP contribution < -0.4 is 10.2 Å². The van der Waals surface area contributed by atoms with E-state index in [2.05, 4.69) is 29.0 Å². The first-order valence-corrected chi connectivity index (χ1v) is 9.86. The maximum atomic E-state index is 11.6. The van der Waals surface area contributed by atoms with Crippen LogP contribution in [0.25, 0.3) is 22.3 Å². The molecule has 29 heavy (non-hydrogen) atoms. The highest BCUT2D eigenvalue weighted by atomic mass is 16.5. The number of aromatic nitrogens is 3. The Bertz CT molecular complexity index is 1030. The molecule has 4 heterocycles. The second kappa shape index (κ2) is 8.13. The fourth-order valence-electron chi connectivity index (χ4n) is 3.66. The van der Waals surface area contributed by atoms with Crippen LogP contribution in [-0.2, 0) is 16.0 Å². The molecule has 0 spiro atoms. The maximum absolute atomic E-state index is 11.6. The summed E-state index contributed by atoms with van der Waals surface area (Å²) in [6, 6.07) is 11.8. The number of hydrogen-bond donors (Lipinski definition) is 1. The lowest BCUT2D eigenvalue weighted by Gasteiger charge is -2.36. The largest absolute Gasteiger partial charge is 0.372 e. The molecule has 0 saturated carbocycles. The highest BCUT2D eigenvalue weighted by Crippen LogP contribution is 2.24. The Balaban J connectivity index is 1.64. The van der Waals surface area contributed by atoms with Crippen molar-refractivity contribution in [1.82, 2.24) is 20.3 Å². The molecule has 3 aromatic rings. The number of morpholine rings is 1. The zero-order valence-corrected chi connectivity index (χ0v) is 16.9. The Morgan fingerprint density at radius 2 is 1.90 bits per heavy atom. The lowest BCUT2D eigenvalue weighted by atomic mass is 10.1. The van der Waals surface area contributed by atoms with E-state index < -0.39 is 0 Å². The number of fused-ring (bicyclic) bond motifs is 1.